The van der Waals surface area contributed by atoms with Crippen LogP contribution in [-0.4, -0.2) is 9.13 Å². The lowest BCUT2D eigenvalue weighted by molar-refractivity contribution is 0.489. The maximum Gasteiger partial charge on any atom is 0.331 e. The fraction of sp³-hybridized carbons (Fsp3) is 0.667. The van der Waals surface area contributed by atoms with Gasteiger partial charge in [0.2, 0.25) is 0 Å². The van der Waals surface area contributed by atoms with E-state index in [0.717, 1.165) is 36.9 Å². The lowest BCUT2D eigenvalue weighted by Gasteiger charge is -2.21. The Hall–Kier alpha value is -1.32. The van der Waals surface area contributed by atoms with Crippen molar-refractivity contribution in [3.63, 3.8) is 0 Å². The Labute approximate surface area is 94.5 Å². The molecule has 4 nitrogen and oxygen atoms in total. The molecular formula is C12H18N2O2. The van der Waals surface area contributed by atoms with E-state index in [-0.39, 0.29) is 17.3 Å². The summed E-state index contributed by atoms with van der Waals surface area (Å²) in [7, 11) is 1.77. The minimum atomic E-state index is -0.180. The fourth-order valence-corrected chi connectivity index (χ4v) is 2.45. The van der Waals surface area contributed by atoms with Gasteiger partial charge in [-0.25, -0.2) is 4.79 Å². The number of aromatic nitrogens is 2. The molecule has 1 heterocycles. The first kappa shape index (κ1) is 11.2. The molecule has 0 radical (unpaired) electrons. The Morgan fingerprint density at radius 3 is 2.38 bits per heavy atom. The topological polar surface area (TPSA) is 44.0 Å². The quantitative estimate of drug-likeness (QED) is 0.711. The van der Waals surface area contributed by atoms with Gasteiger partial charge in [0.05, 0.1) is 0 Å². The van der Waals surface area contributed by atoms with Crippen LogP contribution in [0.1, 0.15) is 44.0 Å². The van der Waals surface area contributed by atoms with Gasteiger partial charge in [0.15, 0.2) is 0 Å². The number of hydrogen-bond donors (Lipinski definition) is 0. The second kappa shape index (κ2) is 3.92. The van der Waals surface area contributed by atoms with Crippen LogP contribution >= 0.6 is 0 Å². The zero-order chi connectivity index (χ0) is 11.9. The molecule has 0 saturated carbocycles. The molecule has 0 bridgehead atoms. The molecule has 0 unspecified atom stereocenters. The lowest BCUT2D eigenvalue weighted by Crippen LogP contribution is -2.44. The van der Waals surface area contributed by atoms with E-state index in [4.69, 9.17) is 0 Å². The third-order valence-electron chi connectivity index (χ3n) is 3.33. The van der Waals surface area contributed by atoms with Crippen LogP contribution in [0, 0.1) is 0 Å². The first-order valence-corrected chi connectivity index (χ1v) is 5.87. The molecule has 4 heteroatoms. The van der Waals surface area contributed by atoms with Crippen molar-refractivity contribution >= 4 is 0 Å². The molecular weight excluding hydrogens is 204 g/mol. The highest BCUT2D eigenvalue weighted by Crippen LogP contribution is 2.16. The molecule has 1 aromatic heterocycles. The standard InChI is InChI=1S/C12H18N2O2/c1-8(2)14-11(15)9-6-4-5-7-10(9)13(3)12(14)16/h8H,4-7H2,1-3H3. The van der Waals surface area contributed by atoms with Crippen molar-refractivity contribution in [2.75, 3.05) is 0 Å². The van der Waals surface area contributed by atoms with Crippen LogP contribution in [-0.2, 0) is 19.9 Å². The van der Waals surface area contributed by atoms with E-state index in [9.17, 15) is 9.59 Å². The first-order valence-electron chi connectivity index (χ1n) is 5.87. The van der Waals surface area contributed by atoms with E-state index in [1.54, 1.807) is 11.6 Å². The van der Waals surface area contributed by atoms with Crippen molar-refractivity contribution in [2.24, 2.45) is 7.05 Å². The highest BCUT2D eigenvalue weighted by Gasteiger charge is 2.20. The highest BCUT2D eigenvalue weighted by atomic mass is 16.2. The molecule has 0 fully saturated rings. The van der Waals surface area contributed by atoms with Crippen LogP contribution in [0.25, 0.3) is 0 Å². The number of fused-ring (bicyclic) bond motifs is 1. The predicted molar refractivity (Wildman–Crippen MR) is 63.0 cm³/mol. The first-order chi connectivity index (χ1) is 7.54. The molecule has 16 heavy (non-hydrogen) atoms. The predicted octanol–water partition coefficient (Wildman–Crippen LogP) is 1.01. The number of nitrogens with zero attached hydrogens (tertiary/aromatic N) is 2. The summed E-state index contributed by atoms with van der Waals surface area (Å²) in [6.07, 6.45) is 3.80. The highest BCUT2D eigenvalue weighted by molar-refractivity contribution is 5.21. The molecule has 0 atom stereocenters. The second-order valence-electron chi connectivity index (χ2n) is 4.74. The van der Waals surface area contributed by atoms with Gasteiger partial charge in [0.1, 0.15) is 0 Å². The summed E-state index contributed by atoms with van der Waals surface area (Å²) >= 11 is 0. The van der Waals surface area contributed by atoms with Crippen molar-refractivity contribution in [3.8, 4) is 0 Å². The van der Waals surface area contributed by atoms with Gasteiger partial charge in [0.25, 0.3) is 5.56 Å². The smallest absolute Gasteiger partial charge is 0.300 e. The van der Waals surface area contributed by atoms with Crippen molar-refractivity contribution in [1.82, 2.24) is 9.13 Å². The average molecular weight is 222 g/mol. The molecule has 0 aliphatic heterocycles. The Balaban J connectivity index is 2.81. The van der Waals surface area contributed by atoms with E-state index >= 15 is 0 Å². The molecule has 1 aromatic rings. The zero-order valence-corrected chi connectivity index (χ0v) is 10.1. The molecule has 1 aliphatic carbocycles. The summed E-state index contributed by atoms with van der Waals surface area (Å²) in [5.41, 5.74) is 1.54. The molecule has 0 spiro atoms. The fourth-order valence-electron chi connectivity index (χ4n) is 2.45. The van der Waals surface area contributed by atoms with Crippen LogP contribution in [0.5, 0.6) is 0 Å². The van der Waals surface area contributed by atoms with Crippen LogP contribution in [0.3, 0.4) is 0 Å². The number of rotatable bonds is 1. The van der Waals surface area contributed by atoms with E-state index in [0.29, 0.717) is 0 Å². The average Bonchev–Trinajstić information content (AvgIpc) is 2.26. The summed E-state index contributed by atoms with van der Waals surface area (Å²) in [6, 6.07) is -0.0709. The van der Waals surface area contributed by atoms with Gasteiger partial charge >= 0.3 is 5.69 Å². The van der Waals surface area contributed by atoms with Gasteiger partial charge in [-0.15, -0.1) is 0 Å². The van der Waals surface area contributed by atoms with Crippen LogP contribution in [0.2, 0.25) is 0 Å². The van der Waals surface area contributed by atoms with Crippen LogP contribution < -0.4 is 11.2 Å². The summed E-state index contributed by atoms with van der Waals surface area (Å²) in [5.74, 6) is 0. The molecule has 0 aromatic carbocycles. The minimum Gasteiger partial charge on any atom is -0.300 e. The van der Waals surface area contributed by atoms with Crippen LogP contribution in [0.15, 0.2) is 9.59 Å². The van der Waals surface area contributed by atoms with Gasteiger partial charge in [-0.3, -0.25) is 9.36 Å². The number of hydrogen-bond acceptors (Lipinski definition) is 2. The van der Waals surface area contributed by atoms with E-state index in [1.807, 2.05) is 13.8 Å². The summed E-state index contributed by atoms with van der Waals surface area (Å²) in [4.78, 5) is 24.2. The SMILES string of the molecule is CC(C)n1c(=O)c2c(n(C)c1=O)CCCC2. The van der Waals surface area contributed by atoms with Crippen molar-refractivity contribution < 1.29 is 0 Å². The van der Waals surface area contributed by atoms with Gasteiger partial charge < -0.3 is 4.57 Å². The molecule has 1 aliphatic rings. The molecule has 2 rings (SSSR count). The Morgan fingerprint density at radius 1 is 1.12 bits per heavy atom. The van der Waals surface area contributed by atoms with E-state index in [1.165, 1.54) is 4.57 Å². The van der Waals surface area contributed by atoms with Crippen molar-refractivity contribution in [1.29, 1.82) is 0 Å². The Kier molecular flexibility index (Phi) is 2.74. The summed E-state index contributed by atoms with van der Waals surface area (Å²) in [6.45, 7) is 3.75. The monoisotopic (exact) mass is 222 g/mol. The zero-order valence-electron chi connectivity index (χ0n) is 10.1. The van der Waals surface area contributed by atoms with Gasteiger partial charge in [0, 0.05) is 24.3 Å². The van der Waals surface area contributed by atoms with Crippen LogP contribution in [0.4, 0.5) is 0 Å². The maximum absolute atomic E-state index is 12.2. The minimum absolute atomic E-state index is 0.0709. The third kappa shape index (κ3) is 1.52. The van der Waals surface area contributed by atoms with Crippen molar-refractivity contribution in [3.05, 3.63) is 32.1 Å². The Morgan fingerprint density at radius 2 is 1.75 bits per heavy atom. The second-order valence-corrected chi connectivity index (χ2v) is 4.74. The largest absolute Gasteiger partial charge is 0.331 e. The molecule has 0 saturated heterocycles. The normalized spacial score (nSPS) is 15.2. The molecule has 0 amide bonds. The van der Waals surface area contributed by atoms with E-state index in [2.05, 4.69) is 0 Å². The van der Waals surface area contributed by atoms with Crippen molar-refractivity contribution in [2.45, 2.75) is 45.6 Å². The van der Waals surface area contributed by atoms with E-state index < -0.39 is 0 Å². The van der Waals surface area contributed by atoms with Gasteiger partial charge in [-0.05, 0) is 39.5 Å². The van der Waals surface area contributed by atoms with Gasteiger partial charge in [-0.1, -0.05) is 0 Å². The Bertz CT molecular complexity index is 523. The van der Waals surface area contributed by atoms with Gasteiger partial charge in [-0.2, -0.15) is 0 Å². The third-order valence-corrected chi connectivity index (χ3v) is 3.33. The summed E-state index contributed by atoms with van der Waals surface area (Å²) in [5, 5.41) is 0. The molecule has 88 valence electrons. The summed E-state index contributed by atoms with van der Waals surface area (Å²) < 4.78 is 3.01. The maximum atomic E-state index is 12.2. The molecule has 0 N–H and O–H groups in total. The lowest BCUT2D eigenvalue weighted by atomic mass is 9.97.